The highest BCUT2D eigenvalue weighted by Crippen LogP contribution is 2.48. The van der Waals surface area contributed by atoms with Crippen molar-refractivity contribution in [3.8, 4) is 11.1 Å². The zero-order chi connectivity index (χ0) is 47.0. The summed E-state index contributed by atoms with van der Waals surface area (Å²) in [5, 5.41) is 6.92. The number of piperazine rings is 1. The Balaban J connectivity index is 1.01. The lowest BCUT2D eigenvalue weighted by Gasteiger charge is -2.36. The van der Waals surface area contributed by atoms with Crippen molar-refractivity contribution in [1.29, 1.82) is 0 Å². The molecule has 0 amide bonds. The van der Waals surface area contributed by atoms with E-state index < -0.39 is 33.8 Å². The highest BCUT2D eigenvalue weighted by atomic mass is 35.5. The quantitative estimate of drug-likeness (QED) is 0.0627. The van der Waals surface area contributed by atoms with Crippen molar-refractivity contribution in [3.63, 3.8) is 0 Å². The Kier molecular flexibility index (Phi) is 15.8. The van der Waals surface area contributed by atoms with E-state index in [4.69, 9.17) is 20.9 Å². The topological polar surface area (TPSA) is 129 Å². The lowest BCUT2D eigenvalue weighted by molar-refractivity contribution is -0.0435. The van der Waals surface area contributed by atoms with E-state index in [0.717, 1.165) is 54.9 Å². The molecule has 0 radical (unpaired) electrons. The molecular weight excluding hydrogens is 942 g/mol. The zero-order valence-corrected chi connectivity index (χ0v) is 40.2. The van der Waals surface area contributed by atoms with Crippen molar-refractivity contribution < 1.29 is 35.4 Å². The van der Waals surface area contributed by atoms with E-state index in [-0.39, 0.29) is 23.4 Å². The predicted molar refractivity (Wildman–Crippen MR) is 263 cm³/mol. The van der Waals surface area contributed by atoms with Crippen molar-refractivity contribution in [2.75, 3.05) is 86.7 Å². The summed E-state index contributed by atoms with van der Waals surface area (Å²) >= 11 is 7.66. The molecule has 2 saturated heterocycles. The number of aromatic nitrogens is 2. The molecule has 1 unspecified atom stereocenters. The molecule has 19 heteroatoms. The van der Waals surface area contributed by atoms with Crippen LogP contribution in [-0.2, 0) is 30.2 Å². The number of fused-ring (bicyclic) bond motifs is 1. The third-order valence-corrected chi connectivity index (χ3v) is 16.9. The minimum absolute atomic E-state index is 0.112. The Hall–Kier alpha value is -4.71. The highest BCUT2D eigenvalue weighted by molar-refractivity contribution is 7.99. The molecule has 0 aliphatic carbocycles. The van der Waals surface area contributed by atoms with E-state index in [2.05, 4.69) is 53.3 Å². The van der Waals surface area contributed by atoms with Gasteiger partial charge in [-0.25, -0.2) is 18.4 Å². The Bertz CT molecular complexity index is 2780. The van der Waals surface area contributed by atoms with Gasteiger partial charge in [0.15, 0.2) is 0 Å². The number of halogens is 4. The van der Waals surface area contributed by atoms with Crippen LogP contribution in [0.15, 0.2) is 131 Å². The fourth-order valence-corrected chi connectivity index (χ4v) is 12.1. The molecule has 8 rings (SSSR count). The minimum atomic E-state index is -5.95. The highest BCUT2D eigenvalue weighted by Gasteiger charge is 2.49. The number of alkyl halides is 3. The number of nitrogens with one attached hydrogen (secondary N) is 2. The molecule has 1 aromatic heterocycles. The van der Waals surface area contributed by atoms with E-state index >= 15 is 0 Å². The Morgan fingerprint density at radius 2 is 1.60 bits per heavy atom. The number of anilines is 3. The molecule has 2 aliphatic heterocycles. The van der Waals surface area contributed by atoms with Crippen LogP contribution in [0.3, 0.4) is 0 Å². The Morgan fingerprint density at radius 3 is 2.33 bits per heavy atom. The van der Waals surface area contributed by atoms with Gasteiger partial charge < -0.3 is 19.5 Å². The van der Waals surface area contributed by atoms with Crippen LogP contribution < -0.4 is 20.6 Å². The number of thioether (sulfide) groups is 1. The number of rotatable bonds is 18. The lowest BCUT2D eigenvalue weighted by atomic mass is 9.99. The van der Waals surface area contributed by atoms with Gasteiger partial charge in [-0.1, -0.05) is 66.2 Å². The fourth-order valence-electron chi connectivity index (χ4n) is 8.25. The number of nitrogens with zero attached hydrogens (tertiary/aromatic N) is 5. The third-order valence-electron chi connectivity index (χ3n) is 11.8. The van der Waals surface area contributed by atoms with Crippen LogP contribution in [0, 0.1) is 0 Å². The molecule has 2 N–H and O–H groups in total. The van der Waals surface area contributed by atoms with Gasteiger partial charge >= 0.3 is 13.0 Å². The van der Waals surface area contributed by atoms with Crippen LogP contribution in [-0.4, -0.2) is 111 Å². The molecule has 354 valence electrons. The molecule has 2 fully saturated rings. The SMILES string of the molecule is CCOP(=O)(Nc1ncnc2cc(N3CCN(Cc4ccccc4-c4ccc(Cl)cc4)CC3)ccc12)c1ccc(N[C@H](CCN2CCOCC2)CSc2ccccc2)c(S(=O)(=O)C(F)(F)F)c1. The first kappa shape index (κ1) is 48.7. The summed E-state index contributed by atoms with van der Waals surface area (Å²) in [4.78, 5) is 15.7. The first-order valence-electron chi connectivity index (χ1n) is 22.1. The maximum Gasteiger partial charge on any atom is 0.501 e. The number of hydrogen-bond donors (Lipinski definition) is 2. The van der Waals surface area contributed by atoms with Crippen LogP contribution in [0.5, 0.6) is 0 Å². The van der Waals surface area contributed by atoms with Crippen molar-refractivity contribution in [1.82, 2.24) is 19.8 Å². The summed E-state index contributed by atoms with van der Waals surface area (Å²) in [5.74, 6) is 0.543. The molecule has 3 heterocycles. The summed E-state index contributed by atoms with van der Waals surface area (Å²) in [6.07, 6.45) is 1.81. The summed E-state index contributed by atoms with van der Waals surface area (Å²) in [6.45, 7) is 8.63. The van der Waals surface area contributed by atoms with Gasteiger partial charge in [-0.15, -0.1) is 11.8 Å². The van der Waals surface area contributed by atoms with E-state index in [0.29, 0.717) is 60.9 Å². The zero-order valence-electron chi connectivity index (χ0n) is 36.9. The van der Waals surface area contributed by atoms with Gasteiger partial charge in [-0.3, -0.25) is 19.5 Å². The predicted octanol–water partition coefficient (Wildman–Crippen LogP) is 9.83. The second-order valence-corrected chi connectivity index (χ2v) is 21.8. The number of sulfone groups is 1. The van der Waals surface area contributed by atoms with E-state index in [9.17, 15) is 26.2 Å². The van der Waals surface area contributed by atoms with E-state index in [1.54, 1.807) is 13.0 Å². The number of hydrogen-bond acceptors (Lipinski definition) is 12. The first-order valence-corrected chi connectivity index (χ1v) is 26.6. The summed E-state index contributed by atoms with van der Waals surface area (Å²) < 4.78 is 96.3. The average Bonchev–Trinajstić information content (AvgIpc) is 3.33. The maximum atomic E-state index is 14.9. The molecule has 0 bridgehead atoms. The second kappa shape index (κ2) is 21.7. The van der Waals surface area contributed by atoms with Crippen LogP contribution in [0.2, 0.25) is 5.02 Å². The molecular formula is C48H52ClF3N7O5PS2. The average molecular weight is 995 g/mol. The van der Waals surface area contributed by atoms with E-state index in [1.165, 1.54) is 41.3 Å². The van der Waals surface area contributed by atoms with Gasteiger partial charge in [-0.05, 0) is 90.7 Å². The standard InChI is InChI=1S/C48H52ClF3N7O5PS2/c1-2-64-65(60,40-17-19-44(46(31-40)67(61,62)48(50,51)52)55-38(20-21-57-26-28-63-29-27-57)33-66-41-9-4-3-5-10-41)56-47-43-18-16-39(30-45(43)53-34-54-47)59-24-22-58(23-25-59)32-36-8-6-7-11-42(36)35-12-14-37(49)15-13-35/h3-19,30-31,34,38,55H,2,20-29,32-33H2,1H3,(H,53,54,56,60)/t38-,65?/m1/s1. The van der Waals surface area contributed by atoms with Crippen LogP contribution in [0.1, 0.15) is 18.9 Å². The molecule has 67 heavy (non-hydrogen) atoms. The molecule has 0 saturated carbocycles. The maximum absolute atomic E-state index is 14.9. The summed E-state index contributed by atoms with van der Waals surface area (Å²) in [6, 6.07) is 34.4. The van der Waals surface area contributed by atoms with Crippen LogP contribution in [0.4, 0.5) is 30.4 Å². The molecule has 12 nitrogen and oxygen atoms in total. The molecule has 0 spiro atoms. The van der Waals surface area contributed by atoms with Gasteiger partial charge in [0.1, 0.15) is 17.0 Å². The monoisotopic (exact) mass is 993 g/mol. The van der Waals surface area contributed by atoms with Crippen LogP contribution in [0.25, 0.3) is 22.0 Å². The third kappa shape index (κ3) is 11.9. The number of benzene rings is 5. The minimum Gasteiger partial charge on any atom is -0.380 e. The van der Waals surface area contributed by atoms with Crippen molar-refractivity contribution in [2.45, 2.75) is 41.2 Å². The molecule has 2 aliphatic rings. The number of morpholine rings is 1. The van der Waals surface area contributed by atoms with Crippen molar-refractivity contribution in [3.05, 3.63) is 132 Å². The molecule has 2 atom stereocenters. The van der Waals surface area contributed by atoms with Gasteiger partial charge in [0, 0.05) is 85.1 Å². The fraction of sp³-hybridized carbons (Fsp3) is 0.333. The van der Waals surface area contributed by atoms with Gasteiger partial charge in [0.2, 0.25) is 0 Å². The lowest BCUT2D eigenvalue weighted by Crippen LogP contribution is -2.46. The first-order chi connectivity index (χ1) is 32.3. The molecule has 6 aromatic rings. The largest absolute Gasteiger partial charge is 0.501 e. The number of ether oxygens (including phenoxy) is 1. The summed E-state index contributed by atoms with van der Waals surface area (Å²) in [7, 11) is -10.3. The van der Waals surface area contributed by atoms with Crippen LogP contribution >= 0.6 is 30.9 Å². The summed E-state index contributed by atoms with van der Waals surface area (Å²) in [5.41, 5.74) is -0.925. The normalized spacial score (nSPS) is 16.7. The van der Waals surface area contributed by atoms with Gasteiger partial charge in [0.25, 0.3) is 9.84 Å². The van der Waals surface area contributed by atoms with Crippen molar-refractivity contribution >= 4 is 74.1 Å². The van der Waals surface area contributed by atoms with Gasteiger partial charge in [-0.2, -0.15) is 13.2 Å². The van der Waals surface area contributed by atoms with E-state index in [1.807, 2.05) is 72.8 Å². The van der Waals surface area contributed by atoms with Gasteiger partial charge in [0.05, 0.1) is 36.3 Å². The second-order valence-electron chi connectivity index (χ2n) is 16.3. The Morgan fingerprint density at radius 1 is 0.866 bits per heavy atom. The molecule has 5 aromatic carbocycles. The Labute approximate surface area is 398 Å². The smallest absolute Gasteiger partial charge is 0.380 e. The van der Waals surface area contributed by atoms with Crippen molar-refractivity contribution in [2.24, 2.45) is 0 Å².